The fourth-order valence-electron chi connectivity index (χ4n) is 2.88. The number of urea groups is 1. The topological polar surface area (TPSA) is 90.5 Å². The molecule has 0 unspecified atom stereocenters. The van der Waals surface area contributed by atoms with Gasteiger partial charge in [0.1, 0.15) is 11.9 Å². The van der Waals surface area contributed by atoms with Crippen molar-refractivity contribution in [3.05, 3.63) is 54.1 Å². The average molecular weight is 386 g/mol. The molecule has 2 heterocycles. The van der Waals surface area contributed by atoms with Gasteiger partial charge >= 0.3 is 6.03 Å². The molecule has 3 rings (SSSR count). The Kier molecular flexibility index (Phi) is 6.36. The summed E-state index contributed by atoms with van der Waals surface area (Å²) < 4.78 is 13.6. The molecular weight excluding hydrogens is 363 g/mol. The van der Waals surface area contributed by atoms with E-state index in [1.165, 1.54) is 6.07 Å². The molecule has 0 spiro atoms. The first-order chi connectivity index (χ1) is 13.5. The van der Waals surface area contributed by atoms with Crippen molar-refractivity contribution >= 4 is 17.9 Å². The lowest BCUT2D eigenvalue weighted by molar-refractivity contribution is -0.122. The molecule has 0 bridgehead atoms. The fraction of sp³-hybridized carbons (Fsp3) is 0.368. The minimum absolute atomic E-state index is 0.0709. The van der Waals surface area contributed by atoms with Gasteiger partial charge < -0.3 is 20.4 Å². The van der Waals surface area contributed by atoms with Crippen molar-refractivity contribution in [2.45, 2.75) is 19.5 Å². The summed E-state index contributed by atoms with van der Waals surface area (Å²) in [5.41, 5.74) is 0.397. The second-order valence-electron chi connectivity index (χ2n) is 6.50. The molecule has 2 aromatic rings. The van der Waals surface area contributed by atoms with Crippen LogP contribution >= 0.6 is 0 Å². The highest BCUT2D eigenvalue weighted by Gasteiger charge is 2.24. The molecule has 1 atom stereocenters. The standard InChI is InChI=1S/C19H23FN6O2/c1-14(17(27)23-13-15-5-2-3-6-16(15)20)24-19(28)26-11-9-25(10-12-26)18-21-7-4-8-22-18/h2-8,14H,9-13H2,1H3,(H,23,27)(H,24,28)/t14-/m0/s1. The molecule has 1 aliphatic heterocycles. The van der Waals surface area contributed by atoms with E-state index >= 15 is 0 Å². The maximum atomic E-state index is 13.6. The number of piperazine rings is 1. The first-order valence-electron chi connectivity index (χ1n) is 9.13. The minimum Gasteiger partial charge on any atom is -0.350 e. The van der Waals surface area contributed by atoms with Gasteiger partial charge in [-0.15, -0.1) is 0 Å². The number of anilines is 1. The molecule has 1 aliphatic rings. The summed E-state index contributed by atoms with van der Waals surface area (Å²) >= 11 is 0. The van der Waals surface area contributed by atoms with Crippen molar-refractivity contribution in [1.29, 1.82) is 0 Å². The lowest BCUT2D eigenvalue weighted by atomic mass is 10.2. The van der Waals surface area contributed by atoms with Crippen LogP contribution in [0.25, 0.3) is 0 Å². The lowest BCUT2D eigenvalue weighted by Crippen LogP contribution is -2.55. The van der Waals surface area contributed by atoms with E-state index in [4.69, 9.17) is 0 Å². The highest BCUT2D eigenvalue weighted by Crippen LogP contribution is 2.10. The van der Waals surface area contributed by atoms with Gasteiger partial charge in [-0.2, -0.15) is 0 Å². The Bertz CT molecular complexity index is 811. The van der Waals surface area contributed by atoms with Crippen molar-refractivity contribution in [1.82, 2.24) is 25.5 Å². The molecule has 148 valence electrons. The second-order valence-corrected chi connectivity index (χ2v) is 6.50. The quantitative estimate of drug-likeness (QED) is 0.805. The smallest absolute Gasteiger partial charge is 0.318 e. The first kappa shape index (κ1) is 19.5. The van der Waals surface area contributed by atoms with Gasteiger partial charge in [0, 0.05) is 50.7 Å². The van der Waals surface area contributed by atoms with Crippen LogP contribution in [-0.4, -0.2) is 59.0 Å². The Morgan fingerprint density at radius 1 is 1.11 bits per heavy atom. The number of aromatic nitrogens is 2. The number of nitrogens with zero attached hydrogens (tertiary/aromatic N) is 4. The molecule has 1 saturated heterocycles. The van der Waals surface area contributed by atoms with Crippen LogP contribution in [0.15, 0.2) is 42.7 Å². The van der Waals surface area contributed by atoms with E-state index in [1.54, 1.807) is 48.5 Å². The van der Waals surface area contributed by atoms with Crippen molar-refractivity contribution < 1.29 is 14.0 Å². The Balaban J connectivity index is 1.44. The zero-order chi connectivity index (χ0) is 19.9. The molecule has 1 aromatic carbocycles. The number of carbonyl (C=O) groups is 2. The predicted octanol–water partition coefficient (Wildman–Crippen LogP) is 1.15. The zero-order valence-electron chi connectivity index (χ0n) is 15.6. The summed E-state index contributed by atoms with van der Waals surface area (Å²) in [6.07, 6.45) is 3.37. The molecule has 9 heteroatoms. The maximum absolute atomic E-state index is 13.6. The molecule has 8 nitrogen and oxygen atoms in total. The fourth-order valence-corrected chi connectivity index (χ4v) is 2.88. The van der Waals surface area contributed by atoms with Crippen molar-refractivity contribution in [2.24, 2.45) is 0 Å². The molecule has 28 heavy (non-hydrogen) atoms. The van der Waals surface area contributed by atoms with Gasteiger partial charge in [-0.25, -0.2) is 19.2 Å². The van der Waals surface area contributed by atoms with Crippen LogP contribution in [0.1, 0.15) is 12.5 Å². The van der Waals surface area contributed by atoms with Gasteiger partial charge in [0.2, 0.25) is 11.9 Å². The summed E-state index contributed by atoms with van der Waals surface area (Å²) in [4.78, 5) is 36.7. The van der Waals surface area contributed by atoms with E-state index in [-0.39, 0.29) is 24.3 Å². The molecule has 1 aromatic heterocycles. The Labute approximate surface area is 162 Å². The lowest BCUT2D eigenvalue weighted by Gasteiger charge is -2.35. The van der Waals surface area contributed by atoms with E-state index in [0.717, 1.165) is 0 Å². The average Bonchev–Trinajstić information content (AvgIpc) is 2.73. The van der Waals surface area contributed by atoms with Gasteiger partial charge in [0.05, 0.1) is 0 Å². The number of amides is 3. The van der Waals surface area contributed by atoms with E-state index in [9.17, 15) is 14.0 Å². The second kappa shape index (κ2) is 9.12. The van der Waals surface area contributed by atoms with E-state index in [2.05, 4.69) is 20.6 Å². The summed E-state index contributed by atoms with van der Waals surface area (Å²) in [6.45, 7) is 3.92. The van der Waals surface area contributed by atoms with Crippen LogP contribution in [0.2, 0.25) is 0 Å². The molecule has 1 fully saturated rings. The highest BCUT2D eigenvalue weighted by atomic mass is 19.1. The van der Waals surface area contributed by atoms with E-state index in [0.29, 0.717) is 37.7 Å². The first-order valence-corrected chi connectivity index (χ1v) is 9.13. The molecule has 3 amide bonds. The zero-order valence-corrected chi connectivity index (χ0v) is 15.6. The highest BCUT2D eigenvalue weighted by molar-refractivity contribution is 5.86. The van der Waals surface area contributed by atoms with Gasteiger partial charge in [-0.05, 0) is 19.1 Å². The predicted molar refractivity (Wildman–Crippen MR) is 102 cm³/mol. The van der Waals surface area contributed by atoms with Gasteiger partial charge in [-0.3, -0.25) is 4.79 Å². The number of benzene rings is 1. The Hall–Kier alpha value is -3.23. The van der Waals surface area contributed by atoms with Crippen LogP contribution in [0.4, 0.5) is 15.1 Å². The number of hydrogen-bond acceptors (Lipinski definition) is 5. The van der Waals surface area contributed by atoms with Crippen molar-refractivity contribution in [3.63, 3.8) is 0 Å². The number of halogens is 1. The minimum atomic E-state index is -0.727. The Morgan fingerprint density at radius 2 is 1.79 bits per heavy atom. The summed E-state index contributed by atoms with van der Waals surface area (Å²) in [7, 11) is 0. The molecule has 2 N–H and O–H groups in total. The van der Waals surface area contributed by atoms with E-state index < -0.39 is 6.04 Å². The summed E-state index contributed by atoms with van der Waals surface area (Å²) in [5.74, 6) is -0.101. The number of hydrogen-bond donors (Lipinski definition) is 2. The third-order valence-electron chi connectivity index (χ3n) is 4.55. The van der Waals surface area contributed by atoms with Crippen LogP contribution < -0.4 is 15.5 Å². The molecule has 0 aliphatic carbocycles. The Morgan fingerprint density at radius 3 is 2.46 bits per heavy atom. The number of nitrogens with one attached hydrogen (secondary N) is 2. The third kappa shape index (κ3) is 4.93. The largest absolute Gasteiger partial charge is 0.350 e. The van der Waals surface area contributed by atoms with Crippen LogP contribution in [0.5, 0.6) is 0 Å². The monoisotopic (exact) mass is 386 g/mol. The third-order valence-corrected chi connectivity index (χ3v) is 4.55. The van der Waals surface area contributed by atoms with Gasteiger partial charge in [0.25, 0.3) is 0 Å². The van der Waals surface area contributed by atoms with Crippen LogP contribution in [0, 0.1) is 5.82 Å². The van der Waals surface area contributed by atoms with Crippen LogP contribution in [0.3, 0.4) is 0 Å². The normalized spacial score (nSPS) is 15.1. The van der Waals surface area contributed by atoms with Crippen molar-refractivity contribution in [2.75, 3.05) is 31.1 Å². The SMILES string of the molecule is C[C@H](NC(=O)N1CCN(c2ncccn2)CC1)C(=O)NCc1ccccc1F. The van der Waals surface area contributed by atoms with Gasteiger partial charge in [0.15, 0.2) is 0 Å². The maximum Gasteiger partial charge on any atom is 0.318 e. The van der Waals surface area contributed by atoms with E-state index in [1.807, 2.05) is 4.90 Å². The summed E-state index contributed by atoms with van der Waals surface area (Å²) in [6, 6.07) is 6.97. The van der Waals surface area contributed by atoms with Gasteiger partial charge in [-0.1, -0.05) is 18.2 Å². The molecule has 0 radical (unpaired) electrons. The molecular formula is C19H23FN6O2. The number of rotatable bonds is 5. The number of carbonyl (C=O) groups excluding carboxylic acids is 2. The van der Waals surface area contributed by atoms with Crippen LogP contribution in [-0.2, 0) is 11.3 Å². The summed E-state index contributed by atoms with van der Waals surface area (Å²) in [5, 5.41) is 5.33. The molecule has 0 saturated carbocycles. The van der Waals surface area contributed by atoms with Crippen molar-refractivity contribution in [3.8, 4) is 0 Å².